The van der Waals surface area contributed by atoms with Gasteiger partial charge in [0.2, 0.25) is 0 Å². The smallest absolute Gasteiger partial charge is 0.194 e. The van der Waals surface area contributed by atoms with Gasteiger partial charge in [0.15, 0.2) is 27.3 Å². The Bertz CT molecular complexity index is 3040. The standard InChI is InChI=1S/C8H10O2S.C8H10OS.2C8H10.C7H5F3.2C7H7F.C7H12.C6H10.C5H8.C4H6/c1-7-3-5-8(6-4-7)11(2,9)10;1-7-3-5-8(6-4-7)10(2)9;1-7-4-3-5-8(2)6-7;1-7-5-3-4-6-8(7)2;1-4-2-5(8)7(10)6(9)3-4;1-6-3-2-4-7(8)5-6;1-6-4-2-3-5-7(6)8;1-7-5-3-2-4-6-7;1-6-4-2-3-5-6;1-5-3-2-4-5;1-4-2-3-4/h3-6H,1-2H3;3-6H,1-2H3;2*3-6H,1-2H3;2-3H,1H3;2*2-5H,1H3;3,5,7H,2,4,6H2,1H3;2,4,6H,3,5H2,1H3;2-3,5H,4H2,1H3;2-4H,1H3. The Labute approximate surface area is 512 Å². The van der Waals surface area contributed by atoms with Gasteiger partial charge in [0, 0.05) is 28.2 Å². The van der Waals surface area contributed by atoms with Gasteiger partial charge in [-0.3, -0.25) is 4.21 Å². The van der Waals surface area contributed by atoms with Gasteiger partial charge in [-0.2, -0.15) is 0 Å². The minimum atomic E-state index is -3.02. The van der Waals surface area contributed by atoms with Crippen LogP contribution < -0.4 is 0 Å². The minimum Gasteiger partial charge on any atom is -0.255 e. The number of aryl methyl sites for hydroxylation is 9. The fourth-order valence-corrected chi connectivity index (χ4v) is 8.26. The molecule has 4 aliphatic carbocycles. The van der Waals surface area contributed by atoms with E-state index in [1.54, 1.807) is 55.6 Å². The van der Waals surface area contributed by atoms with E-state index in [2.05, 4.69) is 153 Å². The van der Waals surface area contributed by atoms with Crippen LogP contribution in [0.15, 0.2) is 216 Å². The maximum atomic E-state index is 12.3. The molecule has 11 rings (SSSR count). The minimum absolute atomic E-state index is 0.132. The zero-order chi connectivity index (χ0) is 63.9. The summed E-state index contributed by atoms with van der Waals surface area (Å²) in [6, 6.07) is 46.4. The predicted octanol–water partition coefficient (Wildman–Crippen LogP) is 21.5. The van der Waals surface area contributed by atoms with Crippen LogP contribution in [0.1, 0.15) is 116 Å². The predicted molar refractivity (Wildman–Crippen MR) is 354 cm³/mol. The first-order valence-electron chi connectivity index (χ1n) is 29.0. The lowest BCUT2D eigenvalue weighted by Crippen LogP contribution is -1.95. The van der Waals surface area contributed by atoms with Gasteiger partial charge in [-0.25, -0.2) is 30.4 Å². The van der Waals surface area contributed by atoms with E-state index in [1.165, 1.54) is 97.7 Å². The SMILES string of the molecule is CC1C=C1.CC1C=CC1.CC1C=CCC1.CC1C=CCCC1.Cc1cc(F)c(F)c(F)c1.Cc1ccc(S(C)(=O)=O)cc1.Cc1ccc(S(C)=O)cc1.Cc1cccc(C)c1.Cc1cccc(F)c1.Cc1ccccc1C.Cc1ccccc1F. The van der Waals surface area contributed by atoms with Crippen LogP contribution in [0.5, 0.6) is 0 Å². The molecule has 4 aliphatic rings. The zero-order valence-corrected chi connectivity index (χ0v) is 54.7. The van der Waals surface area contributed by atoms with Crippen molar-refractivity contribution in [1.29, 1.82) is 0 Å². The molecule has 4 unspecified atom stereocenters. The Morgan fingerprint density at radius 1 is 0.424 bits per heavy atom. The molecule has 3 nitrogen and oxygen atoms in total. The van der Waals surface area contributed by atoms with E-state index < -0.39 is 38.1 Å². The Kier molecular flexibility index (Phi) is 38.5. The van der Waals surface area contributed by atoms with Crippen LogP contribution in [-0.2, 0) is 20.6 Å². The van der Waals surface area contributed by atoms with Crippen molar-refractivity contribution in [3.05, 3.63) is 285 Å². The number of hydrogen-bond acceptors (Lipinski definition) is 3. The van der Waals surface area contributed by atoms with E-state index in [0.29, 0.717) is 16.0 Å². The second-order valence-corrected chi connectivity index (χ2v) is 25.3. The molecule has 0 N–H and O–H groups in total. The number of rotatable bonds is 2. The van der Waals surface area contributed by atoms with Crippen LogP contribution in [0, 0.1) is 115 Å². The van der Waals surface area contributed by atoms with Crippen LogP contribution in [0.4, 0.5) is 22.0 Å². The summed E-state index contributed by atoms with van der Waals surface area (Å²) in [5.74, 6) is -0.549. The highest BCUT2D eigenvalue weighted by atomic mass is 32.2. The second kappa shape index (κ2) is 43.0. The quantitative estimate of drug-likeness (QED) is 0.0985. The van der Waals surface area contributed by atoms with Crippen LogP contribution in [0.25, 0.3) is 0 Å². The van der Waals surface area contributed by atoms with Gasteiger partial charge in [0.1, 0.15) is 11.6 Å². The third-order valence-electron chi connectivity index (χ3n) is 12.9. The molecule has 0 saturated carbocycles. The molecule has 460 valence electrons. The first-order chi connectivity index (χ1) is 40.1. The van der Waals surface area contributed by atoms with Crippen molar-refractivity contribution in [2.45, 2.75) is 138 Å². The normalized spacial score (nSPS) is 15.5. The van der Waals surface area contributed by atoms with Gasteiger partial charge in [-0.15, -0.1) is 0 Å². The van der Waals surface area contributed by atoms with Crippen molar-refractivity contribution in [3.63, 3.8) is 0 Å². The first kappa shape index (κ1) is 76.3. The number of halogens is 5. The molecule has 0 radical (unpaired) electrons. The summed E-state index contributed by atoms with van der Waals surface area (Å²) >= 11 is 0. The summed E-state index contributed by atoms with van der Waals surface area (Å²) in [6.07, 6.45) is 28.9. The topological polar surface area (TPSA) is 51.2 Å². The molecule has 10 heteroatoms. The van der Waals surface area contributed by atoms with Crippen molar-refractivity contribution >= 4 is 20.6 Å². The van der Waals surface area contributed by atoms with Gasteiger partial charge in [-0.1, -0.05) is 202 Å². The third-order valence-corrected chi connectivity index (χ3v) is 14.9. The van der Waals surface area contributed by atoms with E-state index >= 15 is 0 Å². The van der Waals surface area contributed by atoms with Crippen molar-refractivity contribution in [2.75, 3.05) is 12.5 Å². The van der Waals surface area contributed by atoms with Gasteiger partial charge in [0.05, 0.1) is 4.90 Å². The van der Waals surface area contributed by atoms with Crippen LogP contribution in [0.3, 0.4) is 0 Å². The van der Waals surface area contributed by atoms with E-state index in [4.69, 9.17) is 0 Å². The summed E-state index contributed by atoms with van der Waals surface area (Å²) in [4.78, 5) is 1.27. The highest BCUT2D eigenvalue weighted by Gasteiger charge is 2.08. The van der Waals surface area contributed by atoms with Gasteiger partial charge >= 0.3 is 0 Å². The molecule has 0 bridgehead atoms. The molecule has 0 aliphatic heterocycles. The maximum Gasteiger partial charge on any atom is 0.194 e. The number of benzene rings is 7. The summed E-state index contributed by atoms with van der Waals surface area (Å²) in [7, 11) is -3.86. The van der Waals surface area contributed by atoms with Crippen LogP contribution in [-0.4, -0.2) is 25.1 Å². The molecule has 85 heavy (non-hydrogen) atoms. The molecular weight excluding hydrogens is 1110 g/mol. The molecular formula is C75H95F5O3S2. The summed E-state index contributed by atoms with van der Waals surface area (Å²) in [5.41, 5.74) is 9.72. The number of hydrogen-bond donors (Lipinski definition) is 0. The highest BCUT2D eigenvalue weighted by molar-refractivity contribution is 7.90. The molecule has 0 aromatic heterocycles. The Balaban J connectivity index is 0.000000471. The summed E-state index contributed by atoms with van der Waals surface area (Å²) in [5, 5.41) is 0. The molecule has 0 heterocycles. The van der Waals surface area contributed by atoms with Crippen molar-refractivity contribution < 1.29 is 34.6 Å². The van der Waals surface area contributed by atoms with Gasteiger partial charge in [0.25, 0.3) is 0 Å². The maximum absolute atomic E-state index is 12.3. The average molecular weight is 1200 g/mol. The monoisotopic (exact) mass is 1200 g/mol. The summed E-state index contributed by atoms with van der Waals surface area (Å²) < 4.78 is 93.9. The van der Waals surface area contributed by atoms with Crippen molar-refractivity contribution in [2.24, 2.45) is 23.7 Å². The first-order valence-corrected chi connectivity index (χ1v) is 32.5. The van der Waals surface area contributed by atoms with Crippen molar-refractivity contribution in [3.8, 4) is 0 Å². The molecule has 0 fully saturated rings. The number of sulfone groups is 1. The third kappa shape index (κ3) is 39.5. The fourth-order valence-electron chi connectivity index (χ4n) is 7.11. The van der Waals surface area contributed by atoms with Crippen LogP contribution >= 0.6 is 0 Å². The lowest BCUT2D eigenvalue weighted by atomic mass is 9.98. The largest absolute Gasteiger partial charge is 0.255 e. The zero-order valence-electron chi connectivity index (χ0n) is 53.1. The molecule has 0 spiro atoms. The molecule has 4 atom stereocenters. The van der Waals surface area contributed by atoms with E-state index in [9.17, 15) is 34.6 Å². The lowest BCUT2D eigenvalue weighted by molar-refractivity contribution is 0.446. The van der Waals surface area contributed by atoms with E-state index in [0.717, 1.165) is 51.8 Å². The lowest BCUT2D eigenvalue weighted by Gasteiger charge is -2.08. The van der Waals surface area contributed by atoms with Crippen molar-refractivity contribution in [1.82, 2.24) is 0 Å². The Hall–Kier alpha value is -6.75. The van der Waals surface area contributed by atoms with E-state index in [1.807, 2.05) is 57.2 Å². The highest BCUT2D eigenvalue weighted by Crippen LogP contribution is 2.17. The van der Waals surface area contributed by atoms with Crippen LogP contribution in [0.2, 0.25) is 0 Å². The van der Waals surface area contributed by atoms with E-state index in [-0.39, 0.29) is 11.6 Å². The van der Waals surface area contributed by atoms with Gasteiger partial charge in [-0.05, 0) is 207 Å². The Morgan fingerprint density at radius 3 is 1.11 bits per heavy atom. The second-order valence-electron chi connectivity index (χ2n) is 21.9. The Morgan fingerprint density at radius 2 is 0.847 bits per heavy atom. The summed E-state index contributed by atoms with van der Waals surface area (Å²) in [6.45, 7) is 26.4. The molecule has 7 aromatic carbocycles. The molecule has 7 aromatic rings. The average Bonchev–Trinajstić information content (AvgIpc) is 4.10. The number of allylic oxidation sites excluding steroid dienone is 8. The fraction of sp³-hybridized carbons (Fsp3) is 0.333. The molecule has 0 amide bonds. The van der Waals surface area contributed by atoms with Gasteiger partial charge < -0.3 is 0 Å². The molecule has 0 saturated heterocycles.